The van der Waals surface area contributed by atoms with Gasteiger partial charge in [0.25, 0.3) is 0 Å². The van der Waals surface area contributed by atoms with Crippen LogP contribution in [-0.2, 0) is 14.8 Å². The largest absolute Gasteiger partial charge is 0.481 e. The number of carbonyl (C=O) groups is 1. The van der Waals surface area contributed by atoms with Gasteiger partial charge in [0.15, 0.2) is 0 Å². The molecule has 0 atom stereocenters. The molecule has 0 aliphatic carbocycles. The van der Waals surface area contributed by atoms with Crippen molar-refractivity contribution in [3.8, 4) is 6.07 Å². The van der Waals surface area contributed by atoms with E-state index in [0.717, 1.165) is 0 Å². The van der Waals surface area contributed by atoms with Crippen molar-refractivity contribution in [2.24, 2.45) is 5.41 Å². The first-order chi connectivity index (χ1) is 9.44. The van der Waals surface area contributed by atoms with Crippen LogP contribution in [0.2, 0.25) is 0 Å². The summed E-state index contributed by atoms with van der Waals surface area (Å²) in [5.74, 6) is -1.11. The van der Waals surface area contributed by atoms with E-state index in [4.69, 9.17) is 5.26 Å². The zero-order valence-electron chi connectivity index (χ0n) is 12.3. The van der Waals surface area contributed by atoms with Crippen LogP contribution in [0.5, 0.6) is 0 Å². The quantitative estimate of drug-likeness (QED) is 0.861. The van der Waals surface area contributed by atoms with Gasteiger partial charge in [-0.05, 0) is 45.9 Å². The van der Waals surface area contributed by atoms with Crippen molar-refractivity contribution in [2.45, 2.75) is 38.1 Å². The second-order valence-corrected chi connectivity index (χ2v) is 7.48. The van der Waals surface area contributed by atoms with E-state index < -0.39 is 26.9 Å². The lowest BCUT2D eigenvalue weighted by Crippen LogP contribution is -2.56. The van der Waals surface area contributed by atoms with E-state index in [-0.39, 0.29) is 10.5 Å². The standard InChI is InChI=1S/C14H18N2O4S/c1-13(2,12(17)18)14(3,4)16-21(19,20)11-7-5-6-10(8-11)9-15/h5-8,16H,1-4H3,(H,17,18). The maximum atomic E-state index is 12.4. The highest BCUT2D eigenvalue weighted by Gasteiger charge is 2.45. The lowest BCUT2D eigenvalue weighted by atomic mass is 9.75. The van der Waals surface area contributed by atoms with Gasteiger partial charge < -0.3 is 5.11 Å². The van der Waals surface area contributed by atoms with Crippen LogP contribution in [-0.4, -0.2) is 25.0 Å². The smallest absolute Gasteiger partial charge is 0.310 e. The zero-order chi connectivity index (χ0) is 16.5. The van der Waals surface area contributed by atoms with Gasteiger partial charge in [-0.2, -0.15) is 5.26 Å². The molecule has 0 saturated carbocycles. The molecule has 0 spiro atoms. The molecule has 1 aromatic rings. The highest BCUT2D eigenvalue weighted by Crippen LogP contribution is 2.32. The van der Waals surface area contributed by atoms with Crippen LogP contribution in [0.4, 0.5) is 0 Å². The van der Waals surface area contributed by atoms with E-state index in [9.17, 15) is 18.3 Å². The first-order valence-corrected chi connectivity index (χ1v) is 7.70. The molecular formula is C14H18N2O4S. The molecule has 0 aliphatic rings. The number of aliphatic carboxylic acids is 1. The predicted molar refractivity (Wildman–Crippen MR) is 77.0 cm³/mol. The first kappa shape index (κ1) is 17.1. The van der Waals surface area contributed by atoms with Gasteiger partial charge in [0, 0.05) is 5.54 Å². The predicted octanol–water partition coefficient (Wildman–Crippen LogP) is 1.73. The molecule has 0 aromatic heterocycles. The lowest BCUT2D eigenvalue weighted by molar-refractivity contribution is -0.150. The first-order valence-electron chi connectivity index (χ1n) is 6.21. The monoisotopic (exact) mass is 310 g/mol. The van der Waals surface area contributed by atoms with Crippen LogP contribution in [0, 0.1) is 16.7 Å². The Hall–Kier alpha value is -1.91. The van der Waals surface area contributed by atoms with Crippen LogP contribution >= 0.6 is 0 Å². The number of hydrogen-bond donors (Lipinski definition) is 2. The van der Waals surface area contributed by atoms with E-state index in [1.807, 2.05) is 6.07 Å². The number of carboxylic acids is 1. The molecule has 2 N–H and O–H groups in total. The summed E-state index contributed by atoms with van der Waals surface area (Å²) in [6.07, 6.45) is 0. The number of nitrogens with one attached hydrogen (secondary N) is 1. The second-order valence-electron chi connectivity index (χ2n) is 5.80. The summed E-state index contributed by atoms with van der Waals surface area (Å²) in [7, 11) is -3.93. The van der Waals surface area contributed by atoms with Crippen molar-refractivity contribution < 1.29 is 18.3 Å². The van der Waals surface area contributed by atoms with Crippen molar-refractivity contribution in [3.63, 3.8) is 0 Å². The summed E-state index contributed by atoms with van der Waals surface area (Å²) in [6, 6.07) is 7.41. The number of hydrogen-bond acceptors (Lipinski definition) is 4. The minimum absolute atomic E-state index is 0.0733. The molecule has 0 bridgehead atoms. The second kappa shape index (κ2) is 5.47. The van der Waals surface area contributed by atoms with Crippen LogP contribution in [0.25, 0.3) is 0 Å². The Bertz CT molecular complexity index is 700. The lowest BCUT2D eigenvalue weighted by Gasteiger charge is -2.38. The summed E-state index contributed by atoms with van der Waals surface area (Å²) in [4.78, 5) is 11.2. The summed E-state index contributed by atoms with van der Waals surface area (Å²) < 4.78 is 27.1. The molecule has 0 fully saturated rings. The number of rotatable bonds is 5. The Labute approximate surface area is 124 Å². The van der Waals surface area contributed by atoms with Gasteiger partial charge in [-0.25, -0.2) is 13.1 Å². The Morgan fingerprint density at radius 2 is 1.86 bits per heavy atom. The molecule has 0 radical (unpaired) electrons. The van der Waals surface area contributed by atoms with Gasteiger partial charge >= 0.3 is 5.97 Å². The topological polar surface area (TPSA) is 107 Å². The fourth-order valence-electron chi connectivity index (χ4n) is 1.52. The van der Waals surface area contributed by atoms with Crippen molar-refractivity contribution in [2.75, 3.05) is 0 Å². The van der Waals surface area contributed by atoms with Crippen molar-refractivity contribution in [3.05, 3.63) is 29.8 Å². The fraction of sp³-hybridized carbons (Fsp3) is 0.429. The van der Waals surface area contributed by atoms with E-state index in [1.165, 1.54) is 52.0 Å². The molecule has 21 heavy (non-hydrogen) atoms. The number of carboxylic acid groups (broad SMARTS) is 1. The fourth-order valence-corrected chi connectivity index (χ4v) is 3.11. The molecule has 0 aliphatic heterocycles. The van der Waals surface area contributed by atoms with E-state index in [2.05, 4.69) is 4.72 Å². The SMILES string of the molecule is CC(C)(NS(=O)(=O)c1cccc(C#N)c1)C(C)(C)C(=O)O. The molecule has 114 valence electrons. The number of nitriles is 1. The van der Waals surface area contributed by atoms with Gasteiger partial charge in [0.2, 0.25) is 10.0 Å². The molecule has 6 nitrogen and oxygen atoms in total. The van der Waals surface area contributed by atoms with Gasteiger partial charge in [0.1, 0.15) is 0 Å². The van der Waals surface area contributed by atoms with Gasteiger partial charge in [-0.1, -0.05) is 6.07 Å². The van der Waals surface area contributed by atoms with Crippen molar-refractivity contribution in [1.82, 2.24) is 4.72 Å². The molecular weight excluding hydrogens is 292 g/mol. The molecule has 0 saturated heterocycles. The molecule has 1 rings (SSSR count). The van der Waals surface area contributed by atoms with Crippen LogP contribution in [0.15, 0.2) is 29.2 Å². The number of benzene rings is 1. The molecule has 1 aromatic carbocycles. The number of nitrogens with zero attached hydrogens (tertiary/aromatic N) is 1. The van der Waals surface area contributed by atoms with E-state index in [0.29, 0.717) is 0 Å². The Kier molecular flexibility index (Phi) is 4.46. The highest BCUT2D eigenvalue weighted by atomic mass is 32.2. The Morgan fingerprint density at radius 1 is 1.29 bits per heavy atom. The third-order valence-corrected chi connectivity index (χ3v) is 5.41. The zero-order valence-corrected chi connectivity index (χ0v) is 13.2. The van der Waals surface area contributed by atoms with Crippen LogP contribution in [0.3, 0.4) is 0 Å². The average Bonchev–Trinajstić information content (AvgIpc) is 2.37. The Balaban J connectivity index is 3.22. The summed E-state index contributed by atoms with van der Waals surface area (Å²) in [6.45, 7) is 5.91. The minimum atomic E-state index is -3.93. The molecule has 0 amide bonds. The van der Waals surface area contributed by atoms with Crippen molar-refractivity contribution >= 4 is 16.0 Å². The highest BCUT2D eigenvalue weighted by molar-refractivity contribution is 7.89. The summed E-state index contributed by atoms with van der Waals surface area (Å²) >= 11 is 0. The van der Waals surface area contributed by atoms with E-state index in [1.54, 1.807) is 0 Å². The van der Waals surface area contributed by atoms with Crippen LogP contribution in [0.1, 0.15) is 33.3 Å². The maximum absolute atomic E-state index is 12.4. The van der Waals surface area contributed by atoms with Gasteiger partial charge in [-0.15, -0.1) is 0 Å². The Morgan fingerprint density at radius 3 is 2.33 bits per heavy atom. The maximum Gasteiger partial charge on any atom is 0.310 e. The van der Waals surface area contributed by atoms with Crippen LogP contribution < -0.4 is 4.72 Å². The number of sulfonamides is 1. The van der Waals surface area contributed by atoms with Gasteiger partial charge in [0.05, 0.1) is 21.9 Å². The minimum Gasteiger partial charge on any atom is -0.481 e. The van der Waals surface area contributed by atoms with Gasteiger partial charge in [-0.3, -0.25) is 4.79 Å². The summed E-state index contributed by atoms with van der Waals surface area (Å²) in [5.41, 5.74) is -2.32. The molecule has 0 heterocycles. The summed E-state index contributed by atoms with van der Waals surface area (Å²) in [5, 5.41) is 18.1. The molecule has 0 unspecified atom stereocenters. The molecule has 7 heteroatoms. The van der Waals surface area contributed by atoms with E-state index >= 15 is 0 Å². The average molecular weight is 310 g/mol. The normalized spacial score (nSPS) is 12.7. The third kappa shape index (κ3) is 3.40. The third-order valence-electron chi connectivity index (χ3n) is 3.76. The van der Waals surface area contributed by atoms with Crippen molar-refractivity contribution in [1.29, 1.82) is 5.26 Å².